The Bertz CT molecular complexity index is 1420. The van der Waals surface area contributed by atoms with Gasteiger partial charge in [-0.15, -0.1) is 0 Å². The Labute approximate surface area is 226 Å². The maximum atomic E-state index is 13.8. The molecule has 0 saturated heterocycles. The molecule has 0 saturated carbocycles. The first-order chi connectivity index (χ1) is 18.2. The highest BCUT2D eigenvalue weighted by Gasteiger charge is 2.36. The van der Waals surface area contributed by atoms with Crippen molar-refractivity contribution in [2.24, 2.45) is 0 Å². The molecular weight excluding hydrogens is 532 g/mol. The van der Waals surface area contributed by atoms with E-state index in [-0.39, 0.29) is 23.0 Å². The van der Waals surface area contributed by atoms with E-state index in [0.29, 0.717) is 29.4 Å². The van der Waals surface area contributed by atoms with E-state index in [1.54, 1.807) is 55.5 Å². The number of rotatable bonds is 9. The molecule has 3 aromatic carbocycles. The summed E-state index contributed by atoms with van der Waals surface area (Å²) < 4.78 is 44.6. The molecular formula is C27H27ClN2O7S. The molecule has 1 aliphatic rings. The van der Waals surface area contributed by atoms with Gasteiger partial charge in [-0.2, -0.15) is 4.31 Å². The highest BCUT2D eigenvalue weighted by Crippen LogP contribution is 2.34. The van der Waals surface area contributed by atoms with Crippen LogP contribution in [-0.4, -0.2) is 57.5 Å². The fourth-order valence-corrected chi connectivity index (χ4v) is 5.74. The van der Waals surface area contributed by atoms with E-state index in [0.717, 1.165) is 4.31 Å². The van der Waals surface area contributed by atoms with Crippen LogP contribution in [0.15, 0.2) is 77.7 Å². The van der Waals surface area contributed by atoms with Crippen LogP contribution >= 0.6 is 11.6 Å². The molecule has 1 atom stereocenters. The predicted molar refractivity (Wildman–Crippen MR) is 142 cm³/mol. The molecule has 0 aromatic heterocycles. The quantitative estimate of drug-likeness (QED) is 0.367. The Hall–Kier alpha value is -3.60. The second-order valence-electron chi connectivity index (χ2n) is 8.39. The lowest BCUT2D eigenvalue weighted by Crippen LogP contribution is -2.50. The monoisotopic (exact) mass is 558 g/mol. The molecule has 0 radical (unpaired) electrons. The highest BCUT2D eigenvalue weighted by molar-refractivity contribution is 7.89. The Balaban J connectivity index is 1.68. The van der Waals surface area contributed by atoms with Gasteiger partial charge in [0.2, 0.25) is 22.0 Å². The van der Waals surface area contributed by atoms with Crippen LogP contribution in [0.2, 0.25) is 5.02 Å². The fraction of sp³-hybridized carbons (Fsp3) is 0.259. The van der Waals surface area contributed by atoms with Gasteiger partial charge in [0, 0.05) is 6.54 Å². The molecule has 0 fully saturated rings. The number of carbonyl (C=O) groups excluding carboxylic acids is 2. The maximum absolute atomic E-state index is 13.8. The van der Waals surface area contributed by atoms with E-state index >= 15 is 0 Å². The summed E-state index contributed by atoms with van der Waals surface area (Å²) in [4.78, 5) is 27.2. The molecule has 9 nitrogen and oxygen atoms in total. The zero-order valence-corrected chi connectivity index (χ0v) is 22.4. The smallest absolute Gasteiger partial charge is 0.348 e. The Morgan fingerprint density at radius 3 is 2.47 bits per heavy atom. The second kappa shape index (κ2) is 11.8. The van der Waals surface area contributed by atoms with Crippen molar-refractivity contribution in [1.29, 1.82) is 0 Å². The summed E-state index contributed by atoms with van der Waals surface area (Å²) in [5, 5.41) is 0.141. The van der Waals surface area contributed by atoms with Crippen molar-refractivity contribution < 1.29 is 32.2 Å². The van der Waals surface area contributed by atoms with Crippen molar-refractivity contribution in [3.05, 3.63) is 83.4 Å². The molecule has 38 heavy (non-hydrogen) atoms. The third kappa shape index (κ3) is 5.93. The molecule has 11 heteroatoms. The normalized spacial score (nSPS) is 14.9. The minimum atomic E-state index is -4.18. The van der Waals surface area contributed by atoms with E-state index in [4.69, 9.17) is 25.8 Å². The zero-order valence-electron chi connectivity index (χ0n) is 20.9. The van der Waals surface area contributed by atoms with E-state index < -0.39 is 34.5 Å². The van der Waals surface area contributed by atoms with Crippen LogP contribution < -0.4 is 14.4 Å². The molecule has 0 bridgehead atoms. The lowest BCUT2D eigenvalue weighted by molar-refractivity contribution is -0.148. The van der Waals surface area contributed by atoms with Crippen molar-refractivity contribution in [1.82, 2.24) is 4.31 Å². The highest BCUT2D eigenvalue weighted by atomic mass is 35.5. The molecule has 1 heterocycles. The Kier molecular flexibility index (Phi) is 8.55. The zero-order chi connectivity index (χ0) is 27.3. The van der Waals surface area contributed by atoms with Gasteiger partial charge in [-0.1, -0.05) is 54.1 Å². The summed E-state index contributed by atoms with van der Waals surface area (Å²) in [5.74, 6) is -0.503. The number of nitrogens with zero attached hydrogens (tertiary/aromatic N) is 2. The van der Waals surface area contributed by atoms with Crippen molar-refractivity contribution in [3.63, 3.8) is 0 Å². The van der Waals surface area contributed by atoms with Gasteiger partial charge >= 0.3 is 5.97 Å². The van der Waals surface area contributed by atoms with Crippen LogP contribution in [0, 0.1) is 0 Å². The van der Waals surface area contributed by atoms with Crippen molar-refractivity contribution >= 4 is 39.2 Å². The van der Waals surface area contributed by atoms with E-state index in [1.165, 1.54) is 30.2 Å². The summed E-state index contributed by atoms with van der Waals surface area (Å²) in [6.07, 6.45) is -1.05. The second-order valence-corrected chi connectivity index (χ2v) is 10.7. The summed E-state index contributed by atoms with van der Waals surface area (Å²) in [6.45, 7) is 1.48. The topological polar surface area (TPSA) is 102 Å². The van der Waals surface area contributed by atoms with Crippen LogP contribution in [0.25, 0.3) is 0 Å². The van der Waals surface area contributed by atoms with Gasteiger partial charge in [0.1, 0.15) is 11.5 Å². The Morgan fingerprint density at radius 1 is 1.08 bits per heavy atom. The maximum Gasteiger partial charge on any atom is 0.348 e. The summed E-state index contributed by atoms with van der Waals surface area (Å²) in [6, 6.07) is 19.9. The molecule has 0 aliphatic carbocycles. The fourth-order valence-electron chi connectivity index (χ4n) is 4.04. The van der Waals surface area contributed by atoms with Crippen LogP contribution in [0.3, 0.4) is 0 Å². The number of carbonyl (C=O) groups is 2. The number of halogens is 1. The lowest BCUT2D eigenvalue weighted by Gasteiger charge is -2.34. The van der Waals surface area contributed by atoms with Gasteiger partial charge in [0.15, 0.2) is 0 Å². The first kappa shape index (κ1) is 27.4. The van der Waals surface area contributed by atoms with Crippen LogP contribution in [-0.2, 0) is 30.9 Å². The molecule has 1 aliphatic heterocycles. The number of methoxy groups -OCH3 is 1. The molecule has 4 rings (SSSR count). The number of para-hydroxylation sites is 2. The van der Waals surface area contributed by atoms with Gasteiger partial charge in [0.25, 0.3) is 0 Å². The number of fused-ring (bicyclic) bond motifs is 1. The average molecular weight is 559 g/mol. The number of esters is 1. The van der Waals surface area contributed by atoms with Crippen molar-refractivity contribution in [3.8, 4) is 11.5 Å². The van der Waals surface area contributed by atoms with Crippen LogP contribution in [0.1, 0.15) is 12.5 Å². The number of ether oxygens (including phenoxy) is 3. The van der Waals surface area contributed by atoms with Gasteiger partial charge in [-0.3, -0.25) is 4.79 Å². The standard InChI is InChI=1S/C27H27ClN2O7S/c1-3-36-23-14-13-20(15-21(23)28)38(33,34)29(16-19-9-5-4-6-10-19)18-26(31)30-17-25(27(32)35-2)37-24-12-8-7-11-22(24)30/h4-15,25H,3,16-18H2,1-2H3/t25-/m0/s1. The molecule has 0 unspecified atom stereocenters. The minimum Gasteiger partial charge on any atom is -0.492 e. The van der Waals surface area contributed by atoms with Crippen LogP contribution in [0.5, 0.6) is 11.5 Å². The van der Waals surface area contributed by atoms with E-state index in [2.05, 4.69) is 0 Å². The first-order valence-corrected chi connectivity index (χ1v) is 13.7. The van der Waals surface area contributed by atoms with E-state index in [9.17, 15) is 18.0 Å². The number of sulfonamides is 1. The van der Waals surface area contributed by atoms with Crippen molar-refractivity contribution in [2.45, 2.75) is 24.5 Å². The molecule has 1 amide bonds. The molecule has 0 spiro atoms. The number of amides is 1. The van der Waals surface area contributed by atoms with E-state index in [1.807, 2.05) is 6.07 Å². The Morgan fingerprint density at radius 2 is 1.79 bits per heavy atom. The van der Waals surface area contributed by atoms with Crippen LogP contribution in [0.4, 0.5) is 5.69 Å². The largest absolute Gasteiger partial charge is 0.492 e. The van der Waals surface area contributed by atoms with Gasteiger partial charge in [0.05, 0.1) is 42.4 Å². The average Bonchev–Trinajstić information content (AvgIpc) is 2.93. The number of anilines is 1. The third-order valence-electron chi connectivity index (χ3n) is 5.89. The summed E-state index contributed by atoms with van der Waals surface area (Å²) >= 11 is 6.28. The number of hydrogen-bond donors (Lipinski definition) is 0. The number of benzene rings is 3. The molecule has 3 aromatic rings. The summed E-state index contributed by atoms with van der Waals surface area (Å²) in [7, 11) is -2.95. The number of hydrogen-bond acceptors (Lipinski definition) is 7. The SMILES string of the molecule is CCOc1ccc(S(=O)(=O)N(CC(=O)N2C[C@@H](C(=O)OC)Oc3ccccc32)Cc2ccccc2)cc1Cl. The predicted octanol–water partition coefficient (Wildman–Crippen LogP) is 3.90. The van der Waals surface area contributed by atoms with Crippen molar-refractivity contribution in [2.75, 3.05) is 31.7 Å². The van der Waals surface area contributed by atoms with Gasteiger partial charge in [-0.25, -0.2) is 13.2 Å². The summed E-state index contributed by atoms with van der Waals surface area (Å²) in [5.41, 5.74) is 1.12. The third-order valence-corrected chi connectivity index (χ3v) is 7.98. The van der Waals surface area contributed by atoms with Gasteiger partial charge < -0.3 is 19.1 Å². The minimum absolute atomic E-state index is 0.0633. The molecule has 200 valence electrons. The molecule has 0 N–H and O–H groups in total. The van der Waals surface area contributed by atoms with Gasteiger partial charge in [-0.05, 0) is 42.8 Å². The first-order valence-electron chi connectivity index (χ1n) is 11.8. The lowest BCUT2D eigenvalue weighted by atomic mass is 10.2.